The summed E-state index contributed by atoms with van der Waals surface area (Å²) in [7, 11) is 0. The Balaban J connectivity index is 1.83. The summed E-state index contributed by atoms with van der Waals surface area (Å²) in [6.07, 6.45) is -1.09. The molecule has 0 unspecified atom stereocenters. The minimum Gasteiger partial charge on any atom is -0.454 e. The summed E-state index contributed by atoms with van der Waals surface area (Å²) in [4.78, 5) is 19.4. The number of ether oxygens (including phenoxy) is 2. The van der Waals surface area contributed by atoms with Crippen LogP contribution >= 0.6 is 12.2 Å². The van der Waals surface area contributed by atoms with E-state index in [9.17, 15) is 13.6 Å². The largest absolute Gasteiger partial charge is 0.454 e. The van der Waals surface area contributed by atoms with Crippen LogP contribution < -0.4 is 15.0 Å². The van der Waals surface area contributed by atoms with Crippen molar-refractivity contribution in [3.05, 3.63) is 45.0 Å². The molecule has 1 aliphatic heterocycles. The number of benzene rings is 1. The van der Waals surface area contributed by atoms with Crippen molar-refractivity contribution in [3.8, 4) is 22.8 Å². The molecule has 1 aromatic carbocycles. The summed E-state index contributed by atoms with van der Waals surface area (Å²) in [6.45, 7) is 0.114. The van der Waals surface area contributed by atoms with E-state index in [1.54, 1.807) is 22.8 Å². The monoisotopic (exact) mass is 389 g/mol. The molecule has 138 valence electrons. The second-order valence-corrected chi connectivity index (χ2v) is 6.91. The molecule has 1 fully saturated rings. The van der Waals surface area contributed by atoms with E-state index >= 15 is 0 Å². The summed E-state index contributed by atoms with van der Waals surface area (Å²) in [5.41, 5.74) is 0.101. The highest BCUT2D eigenvalue weighted by Gasteiger charge is 2.29. The maximum Gasteiger partial charge on any atom is 0.264 e. The number of nitrogens with one attached hydrogen (secondary N) is 1. The Labute approximate surface area is 156 Å². The van der Waals surface area contributed by atoms with Gasteiger partial charge in [-0.15, -0.1) is 0 Å². The average molecular weight is 389 g/mol. The summed E-state index contributed by atoms with van der Waals surface area (Å²) in [5.74, 6) is 1.11. The van der Waals surface area contributed by atoms with E-state index in [4.69, 9.17) is 21.7 Å². The first-order valence-corrected chi connectivity index (χ1v) is 8.81. The number of alkyl halides is 2. The van der Waals surface area contributed by atoms with Crippen LogP contribution in [0.15, 0.2) is 29.1 Å². The van der Waals surface area contributed by atoms with Gasteiger partial charge in [0, 0.05) is 17.2 Å². The molecule has 9 heteroatoms. The van der Waals surface area contributed by atoms with Gasteiger partial charge in [-0.05, 0) is 49.3 Å². The predicted molar refractivity (Wildman–Crippen MR) is 96.0 cm³/mol. The number of aromatic nitrogens is 3. The molecule has 1 N–H and O–H groups in total. The zero-order valence-corrected chi connectivity index (χ0v) is 14.7. The third kappa shape index (κ3) is 2.61. The Morgan fingerprint density at radius 1 is 1.22 bits per heavy atom. The summed E-state index contributed by atoms with van der Waals surface area (Å²) in [6, 6.07) is 6.44. The minimum atomic E-state index is -2.83. The standard InChI is InChI=1S/C18H13F2N3O3S/c19-15(20)10-6-11(8-1-4-12-13(5-8)26-7-25-12)21-16-14(10)17(24)22-18(27)23(16)9-2-3-9/h1,4-6,9,15H,2-3,7H2,(H,22,24,27). The van der Waals surface area contributed by atoms with Gasteiger partial charge in [0.1, 0.15) is 5.65 Å². The maximum absolute atomic E-state index is 13.8. The van der Waals surface area contributed by atoms with E-state index in [2.05, 4.69) is 9.97 Å². The Hall–Kier alpha value is -2.81. The van der Waals surface area contributed by atoms with E-state index in [-0.39, 0.29) is 34.2 Å². The molecule has 0 bridgehead atoms. The fourth-order valence-corrected chi connectivity index (χ4v) is 3.65. The van der Waals surface area contributed by atoms with Gasteiger partial charge in [-0.3, -0.25) is 14.3 Å². The molecule has 0 radical (unpaired) electrons. The SMILES string of the molecule is O=c1[nH]c(=S)n(C2CC2)c2nc(-c3ccc4c(c3)OCO4)cc(C(F)F)c12. The molecule has 0 atom stereocenters. The molecule has 1 saturated carbocycles. The lowest BCUT2D eigenvalue weighted by Crippen LogP contribution is -2.17. The highest BCUT2D eigenvalue weighted by molar-refractivity contribution is 7.71. The van der Waals surface area contributed by atoms with Crippen molar-refractivity contribution in [2.24, 2.45) is 0 Å². The second kappa shape index (κ2) is 5.85. The second-order valence-electron chi connectivity index (χ2n) is 6.52. The van der Waals surface area contributed by atoms with Gasteiger partial charge in [0.15, 0.2) is 16.3 Å². The van der Waals surface area contributed by atoms with Gasteiger partial charge in [-0.1, -0.05) is 0 Å². The Kier molecular flexibility index (Phi) is 3.55. The Morgan fingerprint density at radius 2 is 2.00 bits per heavy atom. The first-order chi connectivity index (χ1) is 13.0. The van der Waals surface area contributed by atoms with Crippen LogP contribution in [0.25, 0.3) is 22.3 Å². The molecule has 27 heavy (non-hydrogen) atoms. The van der Waals surface area contributed by atoms with Crippen molar-refractivity contribution < 1.29 is 18.3 Å². The van der Waals surface area contributed by atoms with Crippen LogP contribution in [0.4, 0.5) is 8.78 Å². The van der Waals surface area contributed by atoms with Gasteiger partial charge in [0.05, 0.1) is 11.1 Å². The van der Waals surface area contributed by atoms with Crippen LogP contribution in [-0.4, -0.2) is 21.3 Å². The average Bonchev–Trinajstić information content (AvgIpc) is 3.35. The molecular formula is C18H13F2N3O3S. The Morgan fingerprint density at radius 3 is 2.74 bits per heavy atom. The van der Waals surface area contributed by atoms with Crippen LogP contribution in [0.1, 0.15) is 30.9 Å². The van der Waals surface area contributed by atoms with E-state index in [0.29, 0.717) is 22.8 Å². The van der Waals surface area contributed by atoms with E-state index < -0.39 is 12.0 Å². The highest BCUT2D eigenvalue weighted by Crippen LogP contribution is 2.40. The summed E-state index contributed by atoms with van der Waals surface area (Å²) < 4.78 is 40.1. The van der Waals surface area contributed by atoms with Crippen LogP contribution in [0, 0.1) is 4.77 Å². The summed E-state index contributed by atoms with van der Waals surface area (Å²) in [5, 5.41) is -0.116. The van der Waals surface area contributed by atoms with Crippen molar-refractivity contribution in [1.82, 2.24) is 14.5 Å². The lowest BCUT2D eigenvalue weighted by atomic mass is 10.1. The fourth-order valence-electron chi connectivity index (χ4n) is 3.32. The molecule has 3 heterocycles. The zero-order valence-electron chi connectivity index (χ0n) is 13.9. The number of fused-ring (bicyclic) bond motifs is 2. The molecule has 3 aromatic rings. The zero-order chi connectivity index (χ0) is 18.7. The lowest BCUT2D eigenvalue weighted by Gasteiger charge is -2.14. The molecule has 0 amide bonds. The van der Waals surface area contributed by atoms with Crippen molar-refractivity contribution in [1.29, 1.82) is 0 Å². The van der Waals surface area contributed by atoms with E-state index in [1.165, 1.54) is 6.07 Å². The number of halogens is 2. The van der Waals surface area contributed by atoms with Gasteiger partial charge in [0.25, 0.3) is 12.0 Å². The third-order valence-electron chi connectivity index (χ3n) is 4.74. The van der Waals surface area contributed by atoms with E-state index in [1.807, 2.05) is 0 Å². The molecule has 1 aliphatic carbocycles. The van der Waals surface area contributed by atoms with Gasteiger partial charge >= 0.3 is 0 Å². The summed E-state index contributed by atoms with van der Waals surface area (Å²) >= 11 is 5.26. The number of aromatic amines is 1. The number of hydrogen-bond acceptors (Lipinski definition) is 5. The number of nitrogens with zero attached hydrogens (tertiary/aromatic N) is 2. The molecular weight excluding hydrogens is 376 g/mol. The van der Waals surface area contributed by atoms with Crippen LogP contribution in [0.5, 0.6) is 11.5 Å². The topological polar surface area (TPSA) is 69.1 Å². The molecule has 6 nitrogen and oxygen atoms in total. The van der Waals surface area contributed by atoms with Crippen molar-refractivity contribution in [3.63, 3.8) is 0 Å². The van der Waals surface area contributed by atoms with Gasteiger partial charge in [-0.2, -0.15) is 0 Å². The number of hydrogen-bond donors (Lipinski definition) is 1. The van der Waals surface area contributed by atoms with Crippen molar-refractivity contribution >= 4 is 23.3 Å². The molecule has 2 aromatic heterocycles. The fraction of sp³-hybridized carbons (Fsp3) is 0.278. The normalized spacial score (nSPS) is 15.7. The predicted octanol–water partition coefficient (Wildman–Crippen LogP) is 4.12. The van der Waals surface area contributed by atoms with Crippen LogP contribution in [0.3, 0.4) is 0 Å². The van der Waals surface area contributed by atoms with Crippen molar-refractivity contribution in [2.45, 2.75) is 25.3 Å². The van der Waals surface area contributed by atoms with Crippen LogP contribution in [0.2, 0.25) is 0 Å². The lowest BCUT2D eigenvalue weighted by molar-refractivity contribution is 0.153. The third-order valence-corrected chi connectivity index (χ3v) is 5.04. The molecule has 0 saturated heterocycles. The number of pyridine rings is 1. The first-order valence-electron chi connectivity index (χ1n) is 8.40. The minimum absolute atomic E-state index is 0.0712. The van der Waals surface area contributed by atoms with E-state index in [0.717, 1.165) is 12.8 Å². The highest BCUT2D eigenvalue weighted by atomic mass is 32.1. The number of H-pyrrole nitrogens is 1. The van der Waals surface area contributed by atoms with Gasteiger partial charge in [-0.25, -0.2) is 13.8 Å². The number of rotatable bonds is 3. The Bertz CT molecular complexity index is 1200. The van der Waals surface area contributed by atoms with Crippen molar-refractivity contribution in [2.75, 3.05) is 6.79 Å². The van der Waals surface area contributed by atoms with Gasteiger partial charge < -0.3 is 9.47 Å². The quantitative estimate of drug-likeness (QED) is 0.683. The molecule has 0 spiro atoms. The van der Waals surface area contributed by atoms with Crippen LogP contribution in [-0.2, 0) is 0 Å². The first kappa shape index (κ1) is 16.4. The van der Waals surface area contributed by atoms with Gasteiger partial charge in [0.2, 0.25) is 6.79 Å². The maximum atomic E-state index is 13.8. The molecule has 5 rings (SSSR count). The molecule has 2 aliphatic rings. The smallest absolute Gasteiger partial charge is 0.264 e.